The standard InChI is InChI=1S/C8H19N3O/c1-2-7(10)8(12)11-6-4-3-5-9/h7H,2-6,9-10H2,1H3,(H,11,12)/t7-/m1/s1. The third kappa shape index (κ3) is 5.09. The van der Waals surface area contributed by atoms with Crippen molar-refractivity contribution in [3.63, 3.8) is 0 Å². The summed E-state index contributed by atoms with van der Waals surface area (Å²) in [5, 5.41) is 2.75. The highest BCUT2D eigenvalue weighted by Gasteiger charge is 2.08. The van der Waals surface area contributed by atoms with E-state index < -0.39 is 0 Å². The molecule has 0 bridgehead atoms. The van der Waals surface area contributed by atoms with Crippen LogP contribution in [0.15, 0.2) is 0 Å². The monoisotopic (exact) mass is 173 g/mol. The Labute approximate surface area is 73.7 Å². The lowest BCUT2D eigenvalue weighted by Crippen LogP contribution is -2.40. The van der Waals surface area contributed by atoms with Crippen LogP contribution in [0.25, 0.3) is 0 Å². The van der Waals surface area contributed by atoms with E-state index in [1.807, 2.05) is 6.92 Å². The summed E-state index contributed by atoms with van der Waals surface area (Å²) in [5.74, 6) is -0.0606. The molecule has 0 aromatic rings. The first-order chi connectivity index (χ1) is 5.72. The van der Waals surface area contributed by atoms with Gasteiger partial charge in [0.25, 0.3) is 0 Å². The van der Waals surface area contributed by atoms with E-state index in [1.165, 1.54) is 0 Å². The molecule has 0 aliphatic heterocycles. The first kappa shape index (κ1) is 11.4. The average Bonchev–Trinajstić information content (AvgIpc) is 2.10. The molecule has 0 unspecified atom stereocenters. The number of hydrogen-bond acceptors (Lipinski definition) is 3. The van der Waals surface area contributed by atoms with E-state index in [0.717, 1.165) is 12.8 Å². The van der Waals surface area contributed by atoms with Crippen molar-refractivity contribution >= 4 is 5.91 Å². The van der Waals surface area contributed by atoms with Gasteiger partial charge in [-0.05, 0) is 25.8 Å². The minimum atomic E-state index is -0.358. The van der Waals surface area contributed by atoms with Gasteiger partial charge in [-0.1, -0.05) is 6.92 Å². The molecule has 0 aromatic carbocycles. The van der Waals surface area contributed by atoms with Gasteiger partial charge in [-0.2, -0.15) is 0 Å². The smallest absolute Gasteiger partial charge is 0.236 e. The van der Waals surface area contributed by atoms with Crippen LogP contribution >= 0.6 is 0 Å². The van der Waals surface area contributed by atoms with E-state index in [9.17, 15) is 4.79 Å². The molecule has 0 rings (SSSR count). The normalized spacial score (nSPS) is 12.6. The molecule has 5 N–H and O–H groups in total. The van der Waals surface area contributed by atoms with Gasteiger partial charge in [0.05, 0.1) is 6.04 Å². The number of rotatable bonds is 6. The molecule has 0 saturated heterocycles. The number of amides is 1. The Morgan fingerprint density at radius 2 is 2.17 bits per heavy atom. The van der Waals surface area contributed by atoms with E-state index in [2.05, 4.69) is 5.32 Å². The minimum Gasteiger partial charge on any atom is -0.355 e. The first-order valence-electron chi connectivity index (χ1n) is 4.45. The molecule has 0 aromatic heterocycles. The lowest BCUT2D eigenvalue weighted by atomic mass is 10.2. The Kier molecular flexibility index (Phi) is 6.70. The summed E-state index contributed by atoms with van der Waals surface area (Å²) in [6.45, 7) is 3.25. The maximum Gasteiger partial charge on any atom is 0.236 e. The van der Waals surface area contributed by atoms with Gasteiger partial charge in [0.15, 0.2) is 0 Å². The zero-order chi connectivity index (χ0) is 9.40. The Morgan fingerprint density at radius 1 is 1.50 bits per heavy atom. The van der Waals surface area contributed by atoms with Crippen LogP contribution in [0, 0.1) is 0 Å². The highest BCUT2D eigenvalue weighted by Crippen LogP contribution is 1.87. The Hall–Kier alpha value is -0.610. The zero-order valence-corrected chi connectivity index (χ0v) is 7.68. The van der Waals surface area contributed by atoms with E-state index >= 15 is 0 Å². The van der Waals surface area contributed by atoms with Gasteiger partial charge in [0.1, 0.15) is 0 Å². The van der Waals surface area contributed by atoms with Crippen molar-refractivity contribution in [3.8, 4) is 0 Å². The van der Waals surface area contributed by atoms with Gasteiger partial charge in [0, 0.05) is 6.54 Å². The maximum absolute atomic E-state index is 11.1. The molecule has 0 fully saturated rings. The molecule has 1 amide bonds. The fourth-order valence-electron chi connectivity index (χ4n) is 0.797. The molecule has 0 radical (unpaired) electrons. The number of carbonyl (C=O) groups is 1. The Morgan fingerprint density at radius 3 is 2.67 bits per heavy atom. The van der Waals surface area contributed by atoms with Crippen LogP contribution in [0.4, 0.5) is 0 Å². The average molecular weight is 173 g/mol. The van der Waals surface area contributed by atoms with Crippen LogP contribution < -0.4 is 16.8 Å². The van der Waals surface area contributed by atoms with Crippen LogP contribution in [0.3, 0.4) is 0 Å². The molecule has 0 heterocycles. The van der Waals surface area contributed by atoms with Crippen LogP contribution in [0.1, 0.15) is 26.2 Å². The van der Waals surface area contributed by atoms with Crippen LogP contribution in [0.2, 0.25) is 0 Å². The van der Waals surface area contributed by atoms with E-state index in [-0.39, 0.29) is 11.9 Å². The summed E-state index contributed by atoms with van der Waals surface area (Å²) in [4.78, 5) is 11.1. The molecule has 4 heteroatoms. The number of nitrogens with one attached hydrogen (secondary N) is 1. The fraction of sp³-hybridized carbons (Fsp3) is 0.875. The third-order valence-corrected chi connectivity index (χ3v) is 1.71. The van der Waals surface area contributed by atoms with Crippen molar-refractivity contribution in [3.05, 3.63) is 0 Å². The molecule has 72 valence electrons. The van der Waals surface area contributed by atoms with Gasteiger partial charge in [0.2, 0.25) is 5.91 Å². The molecular weight excluding hydrogens is 154 g/mol. The lowest BCUT2D eigenvalue weighted by molar-refractivity contribution is -0.122. The summed E-state index contributed by atoms with van der Waals surface area (Å²) in [6.07, 6.45) is 2.56. The second kappa shape index (κ2) is 7.06. The van der Waals surface area contributed by atoms with Crippen LogP contribution in [0.5, 0.6) is 0 Å². The molecule has 12 heavy (non-hydrogen) atoms. The van der Waals surface area contributed by atoms with Crippen molar-refractivity contribution in [1.29, 1.82) is 0 Å². The summed E-state index contributed by atoms with van der Waals surface area (Å²) in [7, 11) is 0. The third-order valence-electron chi connectivity index (χ3n) is 1.71. The number of nitrogens with two attached hydrogens (primary N) is 2. The largest absolute Gasteiger partial charge is 0.355 e. The van der Waals surface area contributed by atoms with Crippen molar-refractivity contribution in [1.82, 2.24) is 5.32 Å². The highest BCUT2D eigenvalue weighted by atomic mass is 16.2. The number of hydrogen-bond donors (Lipinski definition) is 3. The predicted molar refractivity (Wildman–Crippen MR) is 49.6 cm³/mol. The van der Waals surface area contributed by atoms with Gasteiger partial charge >= 0.3 is 0 Å². The second-order valence-corrected chi connectivity index (χ2v) is 2.80. The van der Waals surface area contributed by atoms with E-state index in [0.29, 0.717) is 19.5 Å². The van der Waals surface area contributed by atoms with Gasteiger partial charge < -0.3 is 16.8 Å². The molecule has 0 saturated carbocycles. The van der Waals surface area contributed by atoms with Crippen LogP contribution in [-0.4, -0.2) is 25.0 Å². The maximum atomic E-state index is 11.1. The summed E-state index contributed by atoms with van der Waals surface area (Å²) in [6, 6.07) is -0.358. The van der Waals surface area contributed by atoms with Gasteiger partial charge in [-0.25, -0.2) is 0 Å². The van der Waals surface area contributed by atoms with Crippen molar-refractivity contribution in [2.75, 3.05) is 13.1 Å². The summed E-state index contributed by atoms with van der Waals surface area (Å²) in [5.41, 5.74) is 10.8. The summed E-state index contributed by atoms with van der Waals surface area (Å²) < 4.78 is 0. The van der Waals surface area contributed by atoms with E-state index in [1.54, 1.807) is 0 Å². The Balaban J connectivity index is 3.31. The molecule has 1 atom stereocenters. The number of carbonyl (C=O) groups excluding carboxylic acids is 1. The van der Waals surface area contributed by atoms with Crippen LogP contribution in [-0.2, 0) is 4.79 Å². The highest BCUT2D eigenvalue weighted by molar-refractivity contribution is 5.81. The quantitative estimate of drug-likeness (QED) is 0.477. The zero-order valence-electron chi connectivity index (χ0n) is 7.68. The molecular formula is C8H19N3O. The van der Waals surface area contributed by atoms with E-state index in [4.69, 9.17) is 11.5 Å². The first-order valence-corrected chi connectivity index (χ1v) is 4.45. The Bertz CT molecular complexity index is 127. The fourth-order valence-corrected chi connectivity index (χ4v) is 0.797. The van der Waals surface area contributed by atoms with Crippen molar-refractivity contribution in [2.24, 2.45) is 11.5 Å². The van der Waals surface area contributed by atoms with Crippen molar-refractivity contribution in [2.45, 2.75) is 32.2 Å². The second-order valence-electron chi connectivity index (χ2n) is 2.80. The summed E-state index contributed by atoms with van der Waals surface area (Å²) >= 11 is 0. The van der Waals surface area contributed by atoms with Crippen molar-refractivity contribution < 1.29 is 4.79 Å². The SMILES string of the molecule is CC[C@@H](N)C(=O)NCCCCN. The molecule has 0 spiro atoms. The molecule has 0 aliphatic rings. The lowest BCUT2D eigenvalue weighted by Gasteiger charge is -2.09. The minimum absolute atomic E-state index is 0.0606. The molecule has 0 aliphatic carbocycles. The predicted octanol–water partition coefficient (Wildman–Crippen LogP) is -0.421. The van der Waals surface area contributed by atoms with Gasteiger partial charge in [-0.3, -0.25) is 4.79 Å². The molecule has 4 nitrogen and oxygen atoms in total. The number of unbranched alkanes of at least 4 members (excludes halogenated alkanes) is 1. The van der Waals surface area contributed by atoms with Gasteiger partial charge in [-0.15, -0.1) is 0 Å². The topological polar surface area (TPSA) is 81.1 Å².